The van der Waals surface area contributed by atoms with E-state index in [0.717, 1.165) is 11.3 Å². The molecule has 0 saturated heterocycles. The highest BCUT2D eigenvalue weighted by Crippen LogP contribution is 2.29. The third-order valence-corrected chi connectivity index (χ3v) is 2.76. The van der Waals surface area contributed by atoms with Crippen molar-refractivity contribution >= 4 is 17.5 Å². The Morgan fingerprint density at radius 3 is 2.44 bits per heavy atom. The molecule has 0 atom stereocenters. The topological polar surface area (TPSA) is 86.8 Å². The van der Waals surface area contributed by atoms with Gasteiger partial charge >= 0.3 is 0 Å². The van der Waals surface area contributed by atoms with Crippen LogP contribution >= 0.6 is 11.6 Å². The molecule has 0 aliphatic heterocycles. The van der Waals surface area contributed by atoms with Crippen LogP contribution in [0, 0.1) is 0 Å². The summed E-state index contributed by atoms with van der Waals surface area (Å²) in [6, 6.07) is 9.84. The summed E-state index contributed by atoms with van der Waals surface area (Å²) >= 11 is 5.90. The van der Waals surface area contributed by atoms with Gasteiger partial charge in [-0.25, -0.2) is 9.97 Å². The van der Waals surface area contributed by atoms with Gasteiger partial charge in [-0.05, 0) is 11.5 Å². The average Bonchev–Trinajstić information content (AvgIpc) is 2.27. The summed E-state index contributed by atoms with van der Waals surface area (Å²) in [6.45, 7) is 4.29. The maximum absolute atomic E-state index is 5.90. The normalized spacial score (nSPS) is 10.2. The molecule has 1 aromatic heterocycles. The molecule has 5 heteroatoms. The lowest BCUT2D eigenvalue weighted by atomic mass is 9.95. The molecule has 5 N–H and O–H groups in total. The maximum atomic E-state index is 5.90. The molecule has 4 nitrogen and oxygen atoms in total. The summed E-state index contributed by atoms with van der Waals surface area (Å²) in [5.41, 5.74) is 8.66. The van der Waals surface area contributed by atoms with E-state index in [9.17, 15) is 0 Å². The number of halogens is 1. The number of anilines is 1. The molecule has 2 aromatic rings. The van der Waals surface area contributed by atoms with E-state index in [1.807, 2.05) is 18.2 Å². The first-order valence-electron chi connectivity index (χ1n) is 5.47. The fourth-order valence-corrected chi connectivity index (χ4v) is 2.00. The van der Waals surface area contributed by atoms with Gasteiger partial charge < -0.3 is 11.9 Å². The van der Waals surface area contributed by atoms with Gasteiger partial charge in [-0.2, -0.15) is 0 Å². The lowest BCUT2D eigenvalue weighted by Crippen LogP contribution is -1.99. The van der Waals surface area contributed by atoms with E-state index < -0.39 is 0 Å². The Hall–Kier alpha value is -1.65. The second-order valence-corrected chi connectivity index (χ2v) is 4.56. The Morgan fingerprint density at radius 1 is 1.17 bits per heavy atom. The van der Waals surface area contributed by atoms with Crippen LogP contribution in [-0.4, -0.2) is 9.97 Å². The highest BCUT2D eigenvalue weighted by atomic mass is 35.5. The Bertz CT molecular complexity index is 520. The summed E-state index contributed by atoms with van der Waals surface area (Å²) in [7, 11) is 0. The van der Waals surface area contributed by atoms with E-state index >= 15 is 0 Å². The smallest absolute Gasteiger partial charge is 0.221 e. The lowest BCUT2D eigenvalue weighted by molar-refractivity contribution is 0.868. The van der Waals surface area contributed by atoms with Gasteiger partial charge in [-0.3, -0.25) is 0 Å². The number of hydrogen-bond donors (Lipinski definition) is 2. The predicted molar refractivity (Wildman–Crippen MR) is 76.0 cm³/mol. The second-order valence-electron chi connectivity index (χ2n) is 4.18. The maximum Gasteiger partial charge on any atom is 0.221 e. The molecule has 0 fully saturated rings. The van der Waals surface area contributed by atoms with Crippen molar-refractivity contribution in [3.63, 3.8) is 0 Å². The zero-order valence-electron chi connectivity index (χ0n) is 10.5. The minimum atomic E-state index is 0. The molecule has 18 heavy (non-hydrogen) atoms. The van der Waals surface area contributed by atoms with Crippen LogP contribution in [0.25, 0.3) is 11.3 Å². The number of nitrogen functional groups attached to an aromatic ring is 1. The second kappa shape index (κ2) is 5.80. The summed E-state index contributed by atoms with van der Waals surface area (Å²) < 4.78 is 0. The van der Waals surface area contributed by atoms with Gasteiger partial charge in [0.2, 0.25) is 5.95 Å². The molecule has 0 unspecified atom stereocenters. The number of benzene rings is 1. The molecular formula is C13H17ClN4. The molecule has 0 spiro atoms. The van der Waals surface area contributed by atoms with Gasteiger partial charge in [0, 0.05) is 11.6 Å². The molecule has 2 rings (SSSR count). The van der Waals surface area contributed by atoms with Gasteiger partial charge in [0.1, 0.15) is 5.15 Å². The molecule has 96 valence electrons. The molecule has 1 heterocycles. The van der Waals surface area contributed by atoms with E-state index in [1.165, 1.54) is 5.56 Å². The number of aromatic nitrogens is 2. The van der Waals surface area contributed by atoms with Gasteiger partial charge in [-0.15, -0.1) is 0 Å². The van der Waals surface area contributed by atoms with E-state index in [0.29, 0.717) is 11.1 Å². The number of nitrogens with zero attached hydrogens (tertiary/aromatic N) is 2. The summed E-state index contributed by atoms with van der Waals surface area (Å²) in [5.74, 6) is 0.618. The van der Waals surface area contributed by atoms with Gasteiger partial charge in [0.25, 0.3) is 0 Å². The molecule has 0 aliphatic rings. The fourth-order valence-electron chi connectivity index (χ4n) is 1.81. The zero-order valence-corrected chi connectivity index (χ0v) is 11.3. The highest BCUT2D eigenvalue weighted by molar-refractivity contribution is 6.29. The van der Waals surface area contributed by atoms with Crippen LogP contribution in [0.5, 0.6) is 0 Å². The first-order chi connectivity index (χ1) is 8.08. The molecule has 1 aromatic carbocycles. The number of rotatable bonds is 2. The molecule has 0 radical (unpaired) electrons. The SMILES string of the molecule is CC(C)c1ccccc1-c1cc(Cl)nc(N)n1.N. The Labute approximate surface area is 112 Å². The van der Waals surface area contributed by atoms with Crippen molar-refractivity contribution in [3.05, 3.63) is 41.0 Å². The van der Waals surface area contributed by atoms with E-state index in [2.05, 4.69) is 29.9 Å². The molecule has 0 saturated carbocycles. The Morgan fingerprint density at radius 2 is 1.83 bits per heavy atom. The Kier molecular flexibility index (Phi) is 4.64. The van der Waals surface area contributed by atoms with E-state index in [1.54, 1.807) is 6.07 Å². The number of nitrogens with two attached hydrogens (primary N) is 1. The van der Waals surface area contributed by atoms with Crippen LogP contribution in [0.1, 0.15) is 25.3 Å². The van der Waals surface area contributed by atoms with E-state index in [4.69, 9.17) is 17.3 Å². The third kappa shape index (κ3) is 2.97. The van der Waals surface area contributed by atoms with Gasteiger partial charge in [-0.1, -0.05) is 49.7 Å². The first-order valence-corrected chi connectivity index (χ1v) is 5.85. The van der Waals surface area contributed by atoms with Crippen molar-refractivity contribution in [2.75, 3.05) is 5.73 Å². The highest BCUT2D eigenvalue weighted by Gasteiger charge is 2.10. The van der Waals surface area contributed by atoms with Crippen molar-refractivity contribution in [1.29, 1.82) is 0 Å². The van der Waals surface area contributed by atoms with Crippen LogP contribution in [0.15, 0.2) is 30.3 Å². The minimum Gasteiger partial charge on any atom is -0.368 e. The number of hydrogen-bond acceptors (Lipinski definition) is 4. The largest absolute Gasteiger partial charge is 0.368 e. The Balaban J connectivity index is 0.00000162. The van der Waals surface area contributed by atoms with Gasteiger partial charge in [0.15, 0.2) is 0 Å². The lowest BCUT2D eigenvalue weighted by Gasteiger charge is -2.12. The summed E-state index contributed by atoms with van der Waals surface area (Å²) in [6.07, 6.45) is 0. The van der Waals surface area contributed by atoms with Crippen LogP contribution < -0.4 is 11.9 Å². The van der Waals surface area contributed by atoms with Crippen LogP contribution in [0.4, 0.5) is 5.95 Å². The van der Waals surface area contributed by atoms with Crippen LogP contribution in [-0.2, 0) is 0 Å². The van der Waals surface area contributed by atoms with Gasteiger partial charge in [0.05, 0.1) is 5.69 Å². The zero-order chi connectivity index (χ0) is 12.4. The van der Waals surface area contributed by atoms with Crippen molar-refractivity contribution < 1.29 is 0 Å². The molecule has 0 aliphatic carbocycles. The summed E-state index contributed by atoms with van der Waals surface area (Å²) in [4.78, 5) is 8.10. The van der Waals surface area contributed by atoms with Crippen LogP contribution in [0.2, 0.25) is 5.15 Å². The molecule has 0 amide bonds. The quantitative estimate of drug-likeness (QED) is 0.810. The van der Waals surface area contributed by atoms with Crippen molar-refractivity contribution in [1.82, 2.24) is 16.1 Å². The molecular weight excluding hydrogens is 248 g/mol. The van der Waals surface area contributed by atoms with Crippen molar-refractivity contribution in [2.45, 2.75) is 19.8 Å². The van der Waals surface area contributed by atoms with Crippen LogP contribution in [0.3, 0.4) is 0 Å². The monoisotopic (exact) mass is 264 g/mol. The average molecular weight is 265 g/mol. The van der Waals surface area contributed by atoms with E-state index in [-0.39, 0.29) is 12.1 Å². The fraction of sp³-hybridized carbons (Fsp3) is 0.231. The molecule has 0 bridgehead atoms. The summed E-state index contributed by atoms with van der Waals surface area (Å²) in [5, 5.41) is 0.367. The first kappa shape index (κ1) is 14.4. The van der Waals surface area contributed by atoms with Crippen molar-refractivity contribution in [3.8, 4) is 11.3 Å². The predicted octanol–water partition coefficient (Wildman–Crippen LogP) is 3.66. The third-order valence-electron chi connectivity index (χ3n) is 2.57. The van der Waals surface area contributed by atoms with Crippen molar-refractivity contribution in [2.24, 2.45) is 0 Å². The standard InChI is InChI=1S/C13H14ClN3.H3N/c1-8(2)9-5-3-4-6-10(9)11-7-12(14)17-13(15)16-11;/h3-8H,1-2H3,(H2,15,16,17);1H3. The minimum absolute atomic E-state index is 0.